The summed E-state index contributed by atoms with van der Waals surface area (Å²) in [6.07, 6.45) is 2.24. The fourth-order valence-corrected chi connectivity index (χ4v) is 4.27. The number of rotatable bonds is 8. The van der Waals surface area contributed by atoms with Gasteiger partial charge in [0.05, 0.1) is 6.61 Å². The Morgan fingerprint density at radius 2 is 1.91 bits per heavy atom. The van der Waals surface area contributed by atoms with E-state index in [4.69, 9.17) is 14.8 Å². The average molecular weight is 476 g/mol. The van der Waals surface area contributed by atoms with Gasteiger partial charge in [-0.1, -0.05) is 23.4 Å². The van der Waals surface area contributed by atoms with Crippen molar-refractivity contribution in [3.63, 3.8) is 0 Å². The van der Waals surface area contributed by atoms with Gasteiger partial charge in [0.2, 0.25) is 0 Å². The van der Waals surface area contributed by atoms with Crippen LogP contribution < -0.4 is 11.0 Å². The first-order chi connectivity index (χ1) is 15.5. The summed E-state index contributed by atoms with van der Waals surface area (Å²) in [6, 6.07) is 10.4. The third kappa shape index (κ3) is 4.90. The van der Waals surface area contributed by atoms with Gasteiger partial charge in [-0.15, -0.1) is 0 Å². The number of nitrogens with one attached hydrogen (secondary N) is 1. The highest BCUT2D eigenvalue weighted by Gasteiger charge is 2.43. The summed E-state index contributed by atoms with van der Waals surface area (Å²) in [7, 11) is -3.86. The lowest BCUT2D eigenvalue weighted by Crippen LogP contribution is -2.49. The summed E-state index contributed by atoms with van der Waals surface area (Å²) in [5, 5.41) is 21.9. The number of hydroxylamine groups is 1. The first-order valence-electron chi connectivity index (χ1n) is 10.0. The Balaban J connectivity index is 1.84. The monoisotopic (exact) mass is 475 g/mol. The second kappa shape index (κ2) is 9.30. The molecule has 10 nitrogen and oxygen atoms in total. The number of nitrogens with zero attached hydrogens (tertiary/aromatic N) is 2. The molecule has 2 heterocycles. The Bertz CT molecular complexity index is 1340. The number of hydrogen-bond donors (Lipinski definition) is 3. The number of carbonyl (C=O) groups is 1. The molecule has 33 heavy (non-hydrogen) atoms. The van der Waals surface area contributed by atoms with Crippen molar-refractivity contribution in [2.45, 2.75) is 38.2 Å². The Morgan fingerprint density at radius 3 is 2.45 bits per heavy atom. The number of aryl methyl sites for hydroxylation is 2. The predicted octanol–water partition coefficient (Wildman–Crippen LogP) is 1.67. The number of aromatic nitrogens is 2. The van der Waals surface area contributed by atoms with Gasteiger partial charge in [-0.2, -0.15) is 0 Å². The molecule has 2 aromatic heterocycles. The van der Waals surface area contributed by atoms with Gasteiger partial charge in [0.15, 0.2) is 20.3 Å². The molecule has 0 bridgehead atoms. The predicted molar refractivity (Wildman–Crippen MR) is 120 cm³/mol. The van der Waals surface area contributed by atoms with Crippen LogP contribution in [0.3, 0.4) is 0 Å². The van der Waals surface area contributed by atoms with E-state index in [1.54, 1.807) is 12.1 Å². The summed E-state index contributed by atoms with van der Waals surface area (Å²) in [6.45, 7) is 2.84. The van der Waals surface area contributed by atoms with E-state index in [-0.39, 0.29) is 25.1 Å². The highest BCUT2D eigenvalue weighted by Crippen LogP contribution is 2.29. The third-order valence-electron chi connectivity index (χ3n) is 5.77. The summed E-state index contributed by atoms with van der Waals surface area (Å²) in [5.41, 5.74) is 4.61. The standard InChI is InChI=1S/C22H25N3O7S/c1-14-10-15(4-5-18(14)19-12-17(13-26)24-32-19)16-6-8-25(20(27)11-16)9-7-22(2,21(28)23-29)33(3,30)31/h4-6,8,10-12,26,29H,7,9,13H2,1-3H3,(H,23,28). The number of sulfone groups is 1. The molecular weight excluding hydrogens is 450 g/mol. The average Bonchev–Trinajstić information content (AvgIpc) is 3.25. The zero-order chi connectivity index (χ0) is 24.4. The minimum absolute atomic E-state index is 0.0350. The van der Waals surface area contributed by atoms with E-state index in [1.165, 1.54) is 29.2 Å². The molecule has 1 atom stereocenters. The normalized spacial score (nSPS) is 13.5. The highest BCUT2D eigenvalue weighted by atomic mass is 32.2. The quantitative estimate of drug-likeness (QED) is 0.329. The lowest BCUT2D eigenvalue weighted by Gasteiger charge is -2.25. The van der Waals surface area contributed by atoms with E-state index >= 15 is 0 Å². The first-order valence-corrected chi connectivity index (χ1v) is 11.9. The summed E-state index contributed by atoms with van der Waals surface area (Å²) >= 11 is 0. The van der Waals surface area contributed by atoms with Crippen molar-refractivity contribution in [1.82, 2.24) is 15.2 Å². The van der Waals surface area contributed by atoms with Crippen LogP contribution in [-0.4, -0.2) is 45.4 Å². The number of aliphatic hydroxyl groups excluding tert-OH is 1. The van der Waals surface area contributed by atoms with Crippen molar-refractivity contribution in [2.75, 3.05) is 6.26 Å². The smallest absolute Gasteiger partial charge is 0.264 e. The number of benzene rings is 1. The fraction of sp³-hybridized carbons (Fsp3) is 0.318. The molecule has 0 spiro atoms. The van der Waals surface area contributed by atoms with Crippen LogP contribution in [0.4, 0.5) is 0 Å². The van der Waals surface area contributed by atoms with Crippen LogP contribution in [0.25, 0.3) is 22.5 Å². The molecule has 11 heteroatoms. The Hall–Kier alpha value is -3.28. The van der Waals surface area contributed by atoms with E-state index in [1.807, 2.05) is 25.1 Å². The molecule has 0 aliphatic carbocycles. The number of pyridine rings is 1. The van der Waals surface area contributed by atoms with Crippen molar-refractivity contribution in [3.05, 3.63) is 64.2 Å². The zero-order valence-corrected chi connectivity index (χ0v) is 19.2. The number of carbonyl (C=O) groups excluding carboxylic acids is 1. The fourth-order valence-electron chi connectivity index (χ4n) is 3.42. The molecule has 3 aromatic rings. The Morgan fingerprint density at radius 1 is 1.21 bits per heavy atom. The molecule has 0 saturated heterocycles. The molecule has 1 aromatic carbocycles. The first kappa shape index (κ1) is 24.4. The maximum atomic E-state index is 12.6. The summed E-state index contributed by atoms with van der Waals surface area (Å²) in [4.78, 5) is 24.6. The molecule has 0 saturated carbocycles. The van der Waals surface area contributed by atoms with Crippen LogP contribution in [0, 0.1) is 6.92 Å². The van der Waals surface area contributed by atoms with Gasteiger partial charge < -0.3 is 14.2 Å². The van der Waals surface area contributed by atoms with Crippen LogP contribution in [0.1, 0.15) is 24.6 Å². The lowest BCUT2D eigenvalue weighted by molar-refractivity contribution is -0.131. The zero-order valence-electron chi connectivity index (χ0n) is 18.4. The maximum absolute atomic E-state index is 12.6. The van der Waals surface area contributed by atoms with Crippen molar-refractivity contribution in [1.29, 1.82) is 0 Å². The van der Waals surface area contributed by atoms with Crippen molar-refractivity contribution < 1.29 is 28.0 Å². The Kier molecular flexibility index (Phi) is 6.86. The SMILES string of the molecule is Cc1cc(-c2ccn(CCC(C)(C(=O)NO)S(C)(=O)=O)c(=O)c2)ccc1-c1cc(CO)no1. The third-order valence-corrected chi connectivity index (χ3v) is 7.80. The highest BCUT2D eigenvalue weighted by molar-refractivity contribution is 7.92. The molecule has 3 N–H and O–H groups in total. The largest absolute Gasteiger partial charge is 0.390 e. The lowest BCUT2D eigenvalue weighted by atomic mass is 9.99. The topological polar surface area (TPSA) is 152 Å². The van der Waals surface area contributed by atoms with Crippen LogP contribution in [0.15, 0.2) is 51.9 Å². The number of hydrogen-bond acceptors (Lipinski definition) is 8. The molecule has 0 aliphatic heterocycles. The minimum atomic E-state index is -3.86. The maximum Gasteiger partial charge on any atom is 0.264 e. The molecule has 1 unspecified atom stereocenters. The molecule has 1 amide bonds. The number of aliphatic hydroxyl groups is 1. The van der Waals surface area contributed by atoms with Crippen molar-refractivity contribution in [2.24, 2.45) is 0 Å². The summed E-state index contributed by atoms with van der Waals surface area (Å²) < 4.78 is 28.9. The van der Waals surface area contributed by atoms with Gasteiger partial charge >= 0.3 is 0 Å². The van der Waals surface area contributed by atoms with E-state index in [9.17, 15) is 18.0 Å². The van der Waals surface area contributed by atoms with Gasteiger partial charge in [-0.3, -0.25) is 14.8 Å². The van der Waals surface area contributed by atoms with E-state index in [0.29, 0.717) is 17.0 Å². The number of amides is 1. The van der Waals surface area contributed by atoms with Crippen molar-refractivity contribution in [3.8, 4) is 22.5 Å². The molecular formula is C22H25N3O7S. The van der Waals surface area contributed by atoms with Crippen LogP contribution in [0.2, 0.25) is 0 Å². The van der Waals surface area contributed by atoms with Crippen LogP contribution >= 0.6 is 0 Å². The van der Waals surface area contributed by atoms with E-state index < -0.39 is 20.5 Å². The van der Waals surface area contributed by atoms with E-state index in [0.717, 1.165) is 22.9 Å². The van der Waals surface area contributed by atoms with Gasteiger partial charge in [0.1, 0.15) is 5.69 Å². The van der Waals surface area contributed by atoms with Gasteiger partial charge in [0, 0.05) is 36.7 Å². The van der Waals surface area contributed by atoms with Gasteiger partial charge in [-0.05, 0) is 43.0 Å². The molecule has 0 fully saturated rings. The van der Waals surface area contributed by atoms with Crippen LogP contribution in [-0.2, 0) is 27.8 Å². The molecule has 3 rings (SSSR count). The summed E-state index contributed by atoms with van der Waals surface area (Å²) in [5.74, 6) is -0.526. The molecule has 0 radical (unpaired) electrons. The van der Waals surface area contributed by atoms with Gasteiger partial charge in [0.25, 0.3) is 11.5 Å². The Labute approximate surface area is 190 Å². The van der Waals surface area contributed by atoms with E-state index in [2.05, 4.69) is 5.16 Å². The van der Waals surface area contributed by atoms with Crippen molar-refractivity contribution >= 4 is 15.7 Å². The molecule has 0 aliphatic rings. The minimum Gasteiger partial charge on any atom is -0.390 e. The molecule has 176 valence electrons. The van der Waals surface area contributed by atoms with Crippen LogP contribution in [0.5, 0.6) is 0 Å². The second-order valence-electron chi connectivity index (χ2n) is 8.01. The van der Waals surface area contributed by atoms with Gasteiger partial charge in [-0.25, -0.2) is 13.9 Å². The second-order valence-corrected chi connectivity index (χ2v) is 10.5.